The Morgan fingerprint density at radius 1 is 0.567 bits per heavy atom. The molecule has 0 rings (SSSR count). The summed E-state index contributed by atoms with van der Waals surface area (Å²) >= 11 is 0. The maximum atomic E-state index is 6.39. The lowest BCUT2D eigenvalue weighted by molar-refractivity contribution is -0.128. The van der Waals surface area contributed by atoms with E-state index >= 15 is 0 Å². The molecular weight excluding hydrogens is 388 g/mol. The average Bonchev–Trinajstić information content (AvgIpc) is 2.75. The third-order valence-electron chi connectivity index (χ3n) is 6.03. The summed E-state index contributed by atoms with van der Waals surface area (Å²) in [6, 6.07) is 0. The maximum Gasteiger partial charge on any atom is 0.0858 e. The molecule has 0 fully saturated rings. The van der Waals surface area contributed by atoms with Crippen LogP contribution in [0.4, 0.5) is 0 Å². The summed E-state index contributed by atoms with van der Waals surface area (Å²) in [7, 11) is 8.59. The van der Waals surface area contributed by atoms with Gasteiger partial charge in [0.15, 0.2) is 0 Å². The van der Waals surface area contributed by atoms with Gasteiger partial charge >= 0.3 is 0 Å². The van der Waals surface area contributed by atoms with Crippen LogP contribution in [0.15, 0.2) is 0 Å². The Bertz CT molecular complexity index is 388. The van der Waals surface area contributed by atoms with Crippen LogP contribution in [0, 0.1) is 16.7 Å². The molecule has 0 aliphatic carbocycles. The first-order valence-electron chi connectivity index (χ1n) is 11.1. The van der Waals surface area contributed by atoms with Crippen molar-refractivity contribution in [3.63, 3.8) is 0 Å². The monoisotopic (exact) mass is 436 g/mol. The smallest absolute Gasteiger partial charge is 0.0858 e. The molecule has 0 radical (unpaired) electrons. The van der Waals surface area contributed by atoms with Crippen LogP contribution < -0.4 is 0 Å². The molecule has 0 aliphatic rings. The van der Waals surface area contributed by atoms with E-state index in [1.165, 1.54) is 0 Å². The number of methoxy groups -OCH3 is 5. The van der Waals surface area contributed by atoms with E-state index in [1.807, 2.05) is 0 Å². The number of hydrogen-bond donors (Lipinski definition) is 0. The van der Waals surface area contributed by atoms with Gasteiger partial charge in [0.05, 0.1) is 59.0 Å². The molecule has 0 heterocycles. The Balaban J connectivity index is 5.15. The fraction of sp³-hybridized carbons (Fsp3) is 1.00. The third-order valence-corrected chi connectivity index (χ3v) is 6.03. The Morgan fingerprint density at radius 2 is 1.03 bits per heavy atom. The van der Waals surface area contributed by atoms with Crippen LogP contribution in [-0.2, 0) is 33.2 Å². The van der Waals surface area contributed by atoms with E-state index in [0.29, 0.717) is 52.9 Å². The number of ether oxygens (including phenoxy) is 7. The summed E-state index contributed by atoms with van der Waals surface area (Å²) in [6.45, 7) is 11.1. The van der Waals surface area contributed by atoms with Crippen molar-refractivity contribution in [3.8, 4) is 0 Å². The second-order valence-electron chi connectivity index (χ2n) is 8.43. The van der Waals surface area contributed by atoms with Gasteiger partial charge in [0.25, 0.3) is 0 Å². The SMILES string of the molecule is CCC(COC)C(COC)OCC(CC)(COC)COCC(CC)(COC)COC. The summed E-state index contributed by atoms with van der Waals surface area (Å²) in [5.74, 6) is 0.282. The highest BCUT2D eigenvalue weighted by atomic mass is 16.5. The quantitative estimate of drug-likeness (QED) is 0.273. The molecular formula is C23H48O7. The van der Waals surface area contributed by atoms with Gasteiger partial charge in [0, 0.05) is 52.3 Å². The molecule has 0 saturated heterocycles. The minimum Gasteiger partial charge on any atom is -0.384 e. The van der Waals surface area contributed by atoms with Gasteiger partial charge in [-0.25, -0.2) is 0 Å². The fourth-order valence-corrected chi connectivity index (χ4v) is 3.74. The minimum atomic E-state index is -0.230. The molecule has 0 aromatic rings. The van der Waals surface area contributed by atoms with Crippen molar-refractivity contribution in [1.82, 2.24) is 0 Å². The predicted octanol–water partition coefficient (Wildman–Crippen LogP) is 3.44. The minimum absolute atomic E-state index is 0.0283. The molecule has 0 saturated carbocycles. The predicted molar refractivity (Wildman–Crippen MR) is 119 cm³/mol. The van der Waals surface area contributed by atoms with Crippen LogP contribution in [-0.4, -0.2) is 94.5 Å². The van der Waals surface area contributed by atoms with Crippen molar-refractivity contribution < 1.29 is 33.2 Å². The van der Waals surface area contributed by atoms with Crippen LogP contribution in [0.25, 0.3) is 0 Å². The molecule has 0 aromatic carbocycles. The average molecular weight is 437 g/mol. The van der Waals surface area contributed by atoms with Crippen LogP contribution in [0.1, 0.15) is 40.0 Å². The van der Waals surface area contributed by atoms with Crippen molar-refractivity contribution >= 4 is 0 Å². The zero-order chi connectivity index (χ0) is 22.9. The first-order chi connectivity index (χ1) is 14.5. The van der Waals surface area contributed by atoms with Gasteiger partial charge in [-0.1, -0.05) is 20.8 Å². The molecule has 0 bridgehead atoms. The summed E-state index contributed by atoms with van der Waals surface area (Å²) in [4.78, 5) is 0. The topological polar surface area (TPSA) is 64.6 Å². The van der Waals surface area contributed by atoms with Crippen LogP contribution in [0.2, 0.25) is 0 Å². The lowest BCUT2D eigenvalue weighted by Gasteiger charge is -2.37. The van der Waals surface area contributed by atoms with Crippen LogP contribution in [0.3, 0.4) is 0 Å². The number of rotatable bonds is 21. The second-order valence-corrected chi connectivity index (χ2v) is 8.43. The number of hydrogen-bond acceptors (Lipinski definition) is 7. The van der Waals surface area contributed by atoms with Crippen molar-refractivity contribution in [1.29, 1.82) is 0 Å². The van der Waals surface area contributed by atoms with Crippen molar-refractivity contribution in [2.24, 2.45) is 16.7 Å². The van der Waals surface area contributed by atoms with E-state index in [-0.39, 0.29) is 22.9 Å². The lowest BCUT2D eigenvalue weighted by Crippen LogP contribution is -2.43. The fourth-order valence-electron chi connectivity index (χ4n) is 3.74. The summed E-state index contributed by atoms with van der Waals surface area (Å²) in [6.07, 6.45) is 2.74. The highest BCUT2D eigenvalue weighted by Gasteiger charge is 2.35. The van der Waals surface area contributed by atoms with E-state index in [0.717, 1.165) is 19.3 Å². The molecule has 182 valence electrons. The van der Waals surface area contributed by atoms with Gasteiger partial charge in [-0.3, -0.25) is 0 Å². The van der Waals surface area contributed by atoms with Gasteiger partial charge in [0.1, 0.15) is 0 Å². The third kappa shape index (κ3) is 10.4. The van der Waals surface area contributed by atoms with Gasteiger partial charge < -0.3 is 33.2 Å². The molecule has 7 nitrogen and oxygen atoms in total. The lowest BCUT2D eigenvalue weighted by atomic mass is 9.86. The zero-order valence-corrected chi connectivity index (χ0v) is 20.8. The standard InChI is InChI=1S/C23H48O7/c1-9-20(12-24-4)21(13-25-5)30-19-23(11-3,16-28-8)18-29-17-22(10-2,14-26-6)15-27-7/h20-21H,9-19H2,1-8H3. The Morgan fingerprint density at radius 3 is 1.40 bits per heavy atom. The molecule has 3 atom stereocenters. The first-order valence-corrected chi connectivity index (χ1v) is 11.1. The molecule has 0 aliphatic heterocycles. The Hall–Kier alpha value is -0.280. The summed E-state index contributed by atoms with van der Waals surface area (Å²) < 4.78 is 39.9. The van der Waals surface area contributed by atoms with Gasteiger partial charge in [-0.05, 0) is 19.3 Å². The normalized spacial score (nSPS) is 16.4. The van der Waals surface area contributed by atoms with Gasteiger partial charge in [-0.15, -0.1) is 0 Å². The maximum absolute atomic E-state index is 6.39. The molecule has 0 spiro atoms. The molecule has 0 amide bonds. The Kier molecular flexibility index (Phi) is 17.1. The van der Waals surface area contributed by atoms with E-state index in [9.17, 15) is 0 Å². The molecule has 0 N–H and O–H groups in total. The van der Waals surface area contributed by atoms with E-state index in [1.54, 1.807) is 35.5 Å². The van der Waals surface area contributed by atoms with Crippen molar-refractivity contribution in [3.05, 3.63) is 0 Å². The van der Waals surface area contributed by atoms with Gasteiger partial charge in [0.2, 0.25) is 0 Å². The molecule has 3 unspecified atom stereocenters. The highest BCUT2D eigenvalue weighted by molar-refractivity contribution is 4.82. The van der Waals surface area contributed by atoms with E-state index < -0.39 is 0 Å². The largest absolute Gasteiger partial charge is 0.384 e. The van der Waals surface area contributed by atoms with E-state index in [2.05, 4.69) is 20.8 Å². The summed E-state index contributed by atoms with van der Waals surface area (Å²) in [5.41, 5.74) is -0.382. The molecule has 30 heavy (non-hydrogen) atoms. The van der Waals surface area contributed by atoms with Gasteiger partial charge in [-0.2, -0.15) is 0 Å². The van der Waals surface area contributed by atoms with Crippen molar-refractivity contribution in [2.45, 2.75) is 46.1 Å². The van der Waals surface area contributed by atoms with Crippen LogP contribution in [0.5, 0.6) is 0 Å². The van der Waals surface area contributed by atoms with Crippen molar-refractivity contribution in [2.75, 3.05) is 88.4 Å². The summed E-state index contributed by atoms with van der Waals surface area (Å²) in [5, 5.41) is 0. The molecule has 7 heteroatoms. The van der Waals surface area contributed by atoms with E-state index in [4.69, 9.17) is 33.2 Å². The zero-order valence-electron chi connectivity index (χ0n) is 20.8. The second kappa shape index (κ2) is 17.3. The van der Waals surface area contributed by atoms with Crippen LogP contribution >= 0.6 is 0 Å². The first kappa shape index (κ1) is 29.7. The highest BCUT2D eigenvalue weighted by Crippen LogP contribution is 2.29. The molecule has 0 aromatic heterocycles. The Labute approximate surface area is 185 Å².